The summed E-state index contributed by atoms with van der Waals surface area (Å²) < 4.78 is 2.22. The highest BCUT2D eigenvalue weighted by atomic mass is 16.2. The van der Waals surface area contributed by atoms with Crippen molar-refractivity contribution in [3.63, 3.8) is 0 Å². The van der Waals surface area contributed by atoms with E-state index in [9.17, 15) is 4.79 Å². The number of aromatic nitrogens is 1. The number of carbonyl (C=O) groups is 1. The van der Waals surface area contributed by atoms with Crippen LogP contribution in [-0.4, -0.2) is 42.1 Å². The van der Waals surface area contributed by atoms with Gasteiger partial charge in [-0.25, -0.2) is 0 Å². The third-order valence-electron chi connectivity index (χ3n) is 4.82. The molecule has 0 unspecified atom stereocenters. The maximum absolute atomic E-state index is 12.7. The van der Waals surface area contributed by atoms with Gasteiger partial charge in [0.15, 0.2) is 0 Å². The van der Waals surface area contributed by atoms with Gasteiger partial charge >= 0.3 is 0 Å². The van der Waals surface area contributed by atoms with Gasteiger partial charge < -0.3 is 14.8 Å². The molecule has 1 aromatic heterocycles. The van der Waals surface area contributed by atoms with E-state index in [0.717, 1.165) is 56.2 Å². The van der Waals surface area contributed by atoms with Gasteiger partial charge in [-0.2, -0.15) is 0 Å². The summed E-state index contributed by atoms with van der Waals surface area (Å²) in [4.78, 5) is 14.8. The van der Waals surface area contributed by atoms with Gasteiger partial charge in [0.05, 0.1) is 5.56 Å². The van der Waals surface area contributed by atoms with Gasteiger partial charge in [0.1, 0.15) is 0 Å². The molecule has 0 spiro atoms. The summed E-state index contributed by atoms with van der Waals surface area (Å²) in [5.41, 5.74) is 3.18. The van der Waals surface area contributed by atoms with Crippen molar-refractivity contribution in [2.24, 2.45) is 5.92 Å². The second-order valence-electron chi connectivity index (χ2n) is 6.16. The van der Waals surface area contributed by atoms with Crippen LogP contribution in [0.3, 0.4) is 0 Å². The van der Waals surface area contributed by atoms with Crippen molar-refractivity contribution < 1.29 is 4.79 Å². The molecule has 1 aliphatic heterocycles. The number of hydrogen-bond acceptors (Lipinski definition) is 2. The lowest BCUT2D eigenvalue weighted by Crippen LogP contribution is -2.39. The number of nitrogens with zero attached hydrogens (tertiary/aromatic N) is 2. The Morgan fingerprint density at radius 1 is 1.33 bits per heavy atom. The van der Waals surface area contributed by atoms with Crippen molar-refractivity contribution in [2.45, 2.75) is 46.6 Å². The number of carbonyl (C=O) groups excluding carboxylic acids is 1. The molecule has 0 aromatic carbocycles. The molecule has 4 heteroatoms. The van der Waals surface area contributed by atoms with Gasteiger partial charge in [0.25, 0.3) is 5.91 Å². The molecular weight excluding hydrogens is 262 g/mol. The zero-order valence-corrected chi connectivity index (χ0v) is 13.9. The number of aryl methyl sites for hydroxylation is 1. The average Bonchev–Trinajstić information content (AvgIpc) is 2.79. The highest BCUT2D eigenvalue weighted by molar-refractivity contribution is 5.95. The Kier molecular flexibility index (Phi) is 5.45. The molecule has 4 nitrogen and oxygen atoms in total. The van der Waals surface area contributed by atoms with Crippen LogP contribution in [0.1, 0.15) is 47.9 Å². The van der Waals surface area contributed by atoms with Crippen molar-refractivity contribution in [3.05, 3.63) is 23.0 Å². The van der Waals surface area contributed by atoms with Crippen LogP contribution in [0.5, 0.6) is 0 Å². The molecule has 1 amide bonds. The molecule has 1 saturated heterocycles. The lowest BCUT2D eigenvalue weighted by atomic mass is 9.93. The van der Waals surface area contributed by atoms with Crippen LogP contribution in [0.2, 0.25) is 0 Å². The second-order valence-corrected chi connectivity index (χ2v) is 6.16. The Labute approximate surface area is 128 Å². The summed E-state index contributed by atoms with van der Waals surface area (Å²) in [6.45, 7) is 10.1. The number of hydrogen-bond donors (Lipinski definition) is 1. The maximum Gasteiger partial charge on any atom is 0.255 e. The number of piperidine rings is 1. The Morgan fingerprint density at radius 3 is 2.52 bits per heavy atom. The third-order valence-corrected chi connectivity index (χ3v) is 4.82. The van der Waals surface area contributed by atoms with Crippen molar-refractivity contribution in [2.75, 3.05) is 26.7 Å². The zero-order chi connectivity index (χ0) is 15.4. The first-order chi connectivity index (χ1) is 10.1. The van der Waals surface area contributed by atoms with Crippen molar-refractivity contribution in [3.8, 4) is 0 Å². The average molecular weight is 291 g/mol. The summed E-state index contributed by atoms with van der Waals surface area (Å²) in [6, 6.07) is 2.05. The van der Waals surface area contributed by atoms with Crippen LogP contribution >= 0.6 is 0 Å². The van der Waals surface area contributed by atoms with Crippen LogP contribution in [0, 0.1) is 19.8 Å². The largest absolute Gasteiger partial charge is 0.349 e. The van der Waals surface area contributed by atoms with Gasteiger partial charge in [-0.05, 0) is 65.6 Å². The summed E-state index contributed by atoms with van der Waals surface area (Å²) in [5.74, 6) is 0.986. The molecule has 2 rings (SSSR count). The number of amides is 1. The predicted molar refractivity (Wildman–Crippen MR) is 86.8 cm³/mol. The quantitative estimate of drug-likeness (QED) is 0.905. The van der Waals surface area contributed by atoms with Gasteiger partial charge in [-0.15, -0.1) is 0 Å². The molecule has 1 N–H and O–H groups in total. The van der Waals surface area contributed by atoms with Crippen molar-refractivity contribution in [1.29, 1.82) is 0 Å². The minimum Gasteiger partial charge on any atom is -0.349 e. The summed E-state index contributed by atoms with van der Waals surface area (Å²) in [6.07, 6.45) is 3.50. The number of likely N-dealkylation sites (tertiary alicyclic amines) is 1. The van der Waals surface area contributed by atoms with E-state index in [2.05, 4.69) is 30.7 Å². The first kappa shape index (κ1) is 16.1. The molecule has 0 saturated carbocycles. The van der Waals surface area contributed by atoms with E-state index in [0.29, 0.717) is 0 Å². The first-order valence-electron chi connectivity index (χ1n) is 8.19. The minimum atomic E-state index is 0.217. The molecule has 1 fully saturated rings. The van der Waals surface area contributed by atoms with Crippen molar-refractivity contribution in [1.82, 2.24) is 14.8 Å². The molecule has 118 valence electrons. The normalized spacial score (nSPS) is 16.5. The second kappa shape index (κ2) is 7.12. The topological polar surface area (TPSA) is 37.3 Å². The molecular formula is C17H29N3O. The van der Waals surface area contributed by atoms with E-state index in [1.807, 2.05) is 18.0 Å². The molecule has 0 atom stereocenters. The van der Waals surface area contributed by atoms with Gasteiger partial charge in [0, 0.05) is 31.0 Å². The fourth-order valence-corrected chi connectivity index (χ4v) is 3.45. The molecule has 21 heavy (non-hydrogen) atoms. The fourth-order valence-electron chi connectivity index (χ4n) is 3.45. The molecule has 0 aliphatic carbocycles. The first-order valence-corrected chi connectivity index (χ1v) is 8.19. The summed E-state index contributed by atoms with van der Waals surface area (Å²) in [7, 11) is 2.00. The lowest BCUT2D eigenvalue weighted by Gasteiger charge is -2.32. The van der Waals surface area contributed by atoms with E-state index < -0.39 is 0 Å². The molecule has 2 heterocycles. The summed E-state index contributed by atoms with van der Waals surface area (Å²) >= 11 is 0. The van der Waals surface area contributed by atoms with E-state index in [-0.39, 0.29) is 5.91 Å². The molecule has 1 aliphatic rings. The highest BCUT2D eigenvalue weighted by Gasteiger charge is 2.25. The Morgan fingerprint density at radius 2 is 2.00 bits per heavy atom. The standard InChI is InChI=1S/C17H29N3O/c1-5-20-13(2)12-16(14(20)3)17(21)19-10-7-15(8-11-19)6-9-18-4/h12,15,18H,5-11H2,1-4H3. The van der Waals surface area contributed by atoms with Crippen LogP contribution in [-0.2, 0) is 6.54 Å². The van der Waals surface area contributed by atoms with Crippen LogP contribution in [0.25, 0.3) is 0 Å². The van der Waals surface area contributed by atoms with Crippen molar-refractivity contribution >= 4 is 5.91 Å². The van der Waals surface area contributed by atoms with Crippen LogP contribution in [0.15, 0.2) is 6.07 Å². The molecule has 1 aromatic rings. The highest BCUT2D eigenvalue weighted by Crippen LogP contribution is 2.23. The number of rotatable bonds is 5. The predicted octanol–water partition coefficient (Wildman–Crippen LogP) is 2.59. The fraction of sp³-hybridized carbons (Fsp3) is 0.706. The van der Waals surface area contributed by atoms with E-state index >= 15 is 0 Å². The minimum absolute atomic E-state index is 0.217. The zero-order valence-electron chi connectivity index (χ0n) is 13.9. The van der Waals surface area contributed by atoms with Gasteiger partial charge in [-0.3, -0.25) is 4.79 Å². The Bertz CT molecular complexity index is 484. The van der Waals surface area contributed by atoms with Gasteiger partial charge in [0.2, 0.25) is 0 Å². The van der Waals surface area contributed by atoms with Crippen LogP contribution in [0.4, 0.5) is 0 Å². The van der Waals surface area contributed by atoms with E-state index in [4.69, 9.17) is 0 Å². The number of nitrogens with one attached hydrogen (secondary N) is 1. The SMILES string of the molecule is CCn1c(C)cc(C(=O)N2CCC(CCNC)CC2)c1C. The molecule has 0 radical (unpaired) electrons. The maximum atomic E-state index is 12.7. The lowest BCUT2D eigenvalue weighted by molar-refractivity contribution is 0.0686. The Hall–Kier alpha value is -1.29. The third kappa shape index (κ3) is 3.49. The van der Waals surface area contributed by atoms with Gasteiger partial charge in [-0.1, -0.05) is 0 Å². The molecule has 0 bridgehead atoms. The van der Waals surface area contributed by atoms with E-state index in [1.165, 1.54) is 12.1 Å². The van der Waals surface area contributed by atoms with Crippen LogP contribution < -0.4 is 5.32 Å². The monoisotopic (exact) mass is 291 g/mol. The Balaban J connectivity index is 1.99. The smallest absolute Gasteiger partial charge is 0.255 e. The summed E-state index contributed by atoms with van der Waals surface area (Å²) in [5, 5.41) is 3.21. The van der Waals surface area contributed by atoms with E-state index in [1.54, 1.807) is 0 Å².